The number of halogens is 1. The number of para-hydroxylation sites is 1. The van der Waals surface area contributed by atoms with Gasteiger partial charge in [0.2, 0.25) is 0 Å². The maximum atomic E-state index is 6.11. The van der Waals surface area contributed by atoms with Gasteiger partial charge in [-0.25, -0.2) is 0 Å². The van der Waals surface area contributed by atoms with Crippen molar-refractivity contribution in [3.8, 4) is 0 Å². The summed E-state index contributed by atoms with van der Waals surface area (Å²) in [6.45, 7) is 0.729. The first kappa shape index (κ1) is 12.1. The molecule has 2 heterocycles. The zero-order valence-electron chi connectivity index (χ0n) is 10.6. The molecule has 0 radical (unpaired) electrons. The van der Waals surface area contributed by atoms with Crippen molar-refractivity contribution in [3.05, 3.63) is 59.5 Å². The van der Waals surface area contributed by atoms with Crippen LogP contribution in [0.15, 0.2) is 48.9 Å². The van der Waals surface area contributed by atoms with E-state index in [4.69, 9.17) is 11.6 Å². The molecule has 4 heteroatoms. The fraction of sp³-hybridized carbons (Fsp3) is 0.133. The van der Waals surface area contributed by atoms with E-state index in [1.54, 1.807) is 18.5 Å². The minimum Gasteiger partial charge on any atom is -0.378 e. The first-order valence-electron chi connectivity index (χ1n) is 6.12. The van der Waals surface area contributed by atoms with Crippen LogP contribution in [0, 0.1) is 0 Å². The topological polar surface area (TPSA) is 29.9 Å². The molecule has 0 bridgehead atoms. The van der Waals surface area contributed by atoms with E-state index in [-0.39, 0.29) is 0 Å². The molecule has 0 aliphatic rings. The average molecular weight is 272 g/mol. The molecule has 0 saturated heterocycles. The fourth-order valence-electron chi connectivity index (χ4n) is 2.26. The number of rotatable bonds is 3. The van der Waals surface area contributed by atoms with Crippen molar-refractivity contribution in [2.75, 3.05) is 5.32 Å². The highest BCUT2D eigenvalue weighted by Crippen LogP contribution is 2.23. The van der Waals surface area contributed by atoms with E-state index in [0.717, 1.165) is 12.2 Å². The summed E-state index contributed by atoms with van der Waals surface area (Å²) in [6.07, 6.45) is 5.57. The van der Waals surface area contributed by atoms with Crippen LogP contribution in [0.5, 0.6) is 0 Å². The smallest absolute Gasteiger partial charge is 0.0718 e. The van der Waals surface area contributed by atoms with Crippen molar-refractivity contribution in [1.29, 1.82) is 0 Å². The molecule has 3 rings (SSSR count). The summed E-state index contributed by atoms with van der Waals surface area (Å²) in [6, 6.07) is 10.2. The second-order valence-electron chi connectivity index (χ2n) is 4.49. The second-order valence-corrected chi connectivity index (χ2v) is 4.90. The Morgan fingerprint density at radius 3 is 2.95 bits per heavy atom. The predicted molar refractivity (Wildman–Crippen MR) is 79.5 cm³/mol. The Balaban J connectivity index is 1.88. The molecule has 1 aromatic carbocycles. The number of hydrogen-bond acceptors (Lipinski definition) is 2. The number of nitrogens with zero attached hydrogens (tertiary/aromatic N) is 2. The van der Waals surface area contributed by atoms with Crippen molar-refractivity contribution in [3.63, 3.8) is 0 Å². The quantitative estimate of drug-likeness (QED) is 0.784. The predicted octanol–water partition coefficient (Wildman–Crippen LogP) is 3.84. The summed E-state index contributed by atoms with van der Waals surface area (Å²) in [7, 11) is 2.06. The molecule has 96 valence electrons. The molecule has 19 heavy (non-hydrogen) atoms. The number of nitrogens with one attached hydrogen (secondary N) is 1. The molecule has 0 amide bonds. The lowest BCUT2D eigenvalue weighted by molar-refractivity contribution is 0.955. The first-order valence-corrected chi connectivity index (χ1v) is 6.50. The van der Waals surface area contributed by atoms with Gasteiger partial charge in [-0.15, -0.1) is 0 Å². The lowest BCUT2D eigenvalue weighted by Crippen LogP contribution is -1.99. The SMILES string of the molecule is Cn1cc(CNc2cnccc2Cl)c2ccccc21. The molecule has 3 nitrogen and oxygen atoms in total. The lowest BCUT2D eigenvalue weighted by Gasteiger charge is -2.06. The highest BCUT2D eigenvalue weighted by atomic mass is 35.5. The van der Waals surface area contributed by atoms with Crippen LogP contribution in [0.2, 0.25) is 5.02 Å². The van der Waals surface area contributed by atoms with Gasteiger partial charge in [0, 0.05) is 36.9 Å². The Kier molecular flexibility index (Phi) is 3.13. The molecule has 0 saturated carbocycles. The summed E-state index contributed by atoms with van der Waals surface area (Å²) in [5.74, 6) is 0. The molecule has 0 fully saturated rings. The Bertz CT molecular complexity index is 718. The van der Waals surface area contributed by atoms with E-state index in [0.29, 0.717) is 5.02 Å². The number of aromatic nitrogens is 2. The Morgan fingerprint density at radius 2 is 2.11 bits per heavy atom. The molecule has 1 N–H and O–H groups in total. The van der Waals surface area contributed by atoms with Crippen molar-refractivity contribution >= 4 is 28.2 Å². The molecule has 0 atom stereocenters. The van der Waals surface area contributed by atoms with Gasteiger partial charge in [0.05, 0.1) is 16.9 Å². The number of aryl methyl sites for hydroxylation is 1. The number of hydrogen-bond donors (Lipinski definition) is 1. The van der Waals surface area contributed by atoms with Crippen LogP contribution in [0.4, 0.5) is 5.69 Å². The number of pyridine rings is 1. The zero-order valence-corrected chi connectivity index (χ0v) is 11.4. The Morgan fingerprint density at radius 1 is 1.26 bits per heavy atom. The van der Waals surface area contributed by atoms with E-state index in [2.05, 4.69) is 52.4 Å². The summed E-state index contributed by atoms with van der Waals surface area (Å²) >= 11 is 6.11. The standard InChI is InChI=1S/C15H14ClN3/c1-19-10-11(12-4-2-3-5-15(12)19)8-18-14-9-17-7-6-13(14)16/h2-7,9-10,18H,8H2,1H3. The molecule has 2 aromatic heterocycles. The van der Waals surface area contributed by atoms with Gasteiger partial charge >= 0.3 is 0 Å². The first-order chi connectivity index (χ1) is 9.25. The van der Waals surface area contributed by atoms with E-state index in [1.807, 2.05) is 0 Å². The third-order valence-corrected chi connectivity index (χ3v) is 3.55. The second kappa shape index (κ2) is 4.94. The third kappa shape index (κ3) is 2.29. The van der Waals surface area contributed by atoms with Gasteiger partial charge in [0.1, 0.15) is 0 Å². The highest BCUT2D eigenvalue weighted by molar-refractivity contribution is 6.33. The Labute approximate surface area is 116 Å². The minimum atomic E-state index is 0.690. The fourth-order valence-corrected chi connectivity index (χ4v) is 2.44. The molecule has 0 spiro atoms. The molecule has 0 unspecified atom stereocenters. The van der Waals surface area contributed by atoms with Gasteiger partial charge in [-0.05, 0) is 17.7 Å². The van der Waals surface area contributed by atoms with Gasteiger partial charge in [-0.3, -0.25) is 4.98 Å². The van der Waals surface area contributed by atoms with Crippen LogP contribution in [-0.4, -0.2) is 9.55 Å². The maximum Gasteiger partial charge on any atom is 0.0718 e. The van der Waals surface area contributed by atoms with Crippen LogP contribution in [-0.2, 0) is 13.6 Å². The van der Waals surface area contributed by atoms with Crippen molar-refractivity contribution < 1.29 is 0 Å². The van der Waals surface area contributed by atoms with Crippen LogP contribution in [0.25, 0.3) is 10.9 Å². The van der Waals surface area contributed by atoms with Crippen LogP contribution in [0.1, 0.15) is 5.56 Å². The molecular formula is C15H14ClN3. The normalized spacial score (nSPS) is 10.8. The van der Waals surface area contributed by atoms with Gasteiger partial charge < -0.3 is 9.88 Å². The number of benzene rings is 1. The molecule has 0 aliphatic heterocycles. The van der Waals surface area contributed by atoms with Crippen LogP contribution >= 0.6 is 11.6 Å². The van der Waals surface area contributed by atoms with Crippen molar-refractivity contribution in [2.45, 2.75) is 6.54 Å². The van der Waals surface area contributed by atoms with Crippen molar-refractivity contribution in [1.82, 2.24) is 9.55 Å². The van der Waals surface area contributed by atoms with E-state index >= 15 is 0 Å². The third-order valence-electron chi connectivity index (χ3n) is 3.22. The lowest BCUT2D eigenvalue weighted by atomic mass is 10.2. The van der Waals surface area contributed by atoms with Gasteiger partial charge in [0.25, 0.3) is 0 Å². The van der Waals surface area contributed by atoms with E-state index < -0.39 is 0 Å². The van der Waals surface area contributed by atoms with Gasteiger partial charge in [-0.2, -0.15) is 0 Å². The summed E-state index contributed by atoms with van der Waals surface area (Å²) in [4.78, 5) is 4.07. The highest BCUT2D eigenvalue weighted by Gasteiger charge is 2.06. The maximum absolute atomic E-state index is 6.11. The Hall–Kier alpha value is -2.00. The minimum absolute atomic E-state index is 0.690. The molecule has 3 aromatic rings. The monoisotopic (exact) mass is 271 g/mol. The van der Waals surface area contributed by atoms with E-state index in [9.17, 15) is 0 Å². The summed E-state index contributed by atoms with van der Waals surface area (Å²) in [5.41, 5.74) is 3.34. The summed E-state index contributed by atoms with van der Waals surface area (Å²) < 4.78 is 2.14. The van der Waals surface area contributed by atoms with Gasteiger partial charge in [0.15, 0.2) is 0 Å². The largest absolute Gasteiger partial charge is 0.378 e. The van der Waals surface area contributed by atoms with Crippen LogP contribution < -0.4 is 5.32 Å². The number of anilines is 1. The molecular weight excluding hydrogens is 258 g/mol. The number of fused-ring (bicyclic) bond motifs is 1. The molecule has 0 aliphatic carbocycles. The van der Waals surface area contributed by atoms with Gasteiger partial charge in [-0.1, -0.05) is 29.8 Å². The van der Waals surface area contributed by atoms with Crippen LogP contribution in [0.3, 0.4) is 0 Å². The zero-order chi connectivity index (χ0) is 13.2. The average Bonchev–Trinajstić information content (AvgIpc) is 2.75. The summed E-state index contributed by atoms with van der Waals surface area (Å²) in [5, 5.41) is 5.28. The van der Waals surface area contributed by atoms with Crippen molar-refractivity contribution in [2.24, 2.45) is 7.05 Å². The van der Waals surface area contributed by atoms with E-state index in [1.165, 1.54) is 16.5 Å².